The van der Waals surface area contributed by atoms with Gasteiger partial charge < -0.3 is 25.0 Å². The molecule has 3 rings (SSSR count). The molecule has 0 spiro atoms. The van der Waals surface area contributed by atoms with Gasteiger partial charge in [-0.3, -0.25) is 14.7 Å². The van der Waals surface area contributed by atoms with Crippen LogP contribution in [0.1, 0.15) is 13.8 Å². The minimum atomic E-state index is -1.28. The molecular formula is C20H25N3O8S2. The number of β-lactam (4-membered cyclic amide) rings is 1. The first kappa shape index (κ1) is 26.5. The number of alkyl carbamates (subject to hydrolysis) is 1. The molecule has 0 aliphatic carbocycles. The van der Waals surface area contributed by atoms with Crippen molar-refractivity contribution in [3.05, 3.63) is 40.5 Å². The van der Waals surface area contributed by atoms with Gasteiger partial charge in [0.2, 0.25) is 5.91 Å². The Labute approximate surface area is 198 Å². The van der Waals surface area contributed by atoms with Crippen LogP contribution in [0.4, 0.5) is 4.79 Å². The second-order valence-corrected chi connectivity index (χ2v) is 9.12. The molecule has 0 saturated carbocycles. The molecule has 0 aromatic carbocycles. The zero-order valence-electron chi connectivity index (χ0n) is 18.2. The fraction of sp³-hybridized carbons (Fsp3) is 0.450. The van der Waals surface area contributed by atoms with Crippen LogP contribution in [-0.2, 0) is 23.9 Å². The number of rotatable bonds is 8. The fourth-order valence-corrected chi connectivity index (χ4v) is 5.90. The van der Waals surface area contributed by atoms with E-state index in [1.807, 2.05) is 18.2 Å². The van der Waals surface area contributed by atoms with Crippen LogP contribution in [0, 0.1) is 5.92 Å². The summed E-state index contributed by atoms with van der Waals surface area (Å²) >= 11 is 2.15. The van der Waals surface area contributed by atoms with Gasteiger partial charge >= 0.3 is 18.0 Å². The zero-order chi connectivity index (χ0) is 24.5. The van der Waals surface area contributed by atoms with Crippen molar-refractivity contribution in [3.63, 3.8) is 0 Å². The number of hydrogen-bond acceptors (Lipinski definition) is 10. The van der Waals surface area contributed by atoms with Gasteiger partial charge in [0, 0.05) is 18.1 Å². The van der Waals surface area contributed by atoms with E-state index in [2.05, 4.69) is 15.0 Å². The molecule has 1 fully saturated rings. The number of carbonyl (C=O) groups is 4. The number of carbonyl (C=O) groups excluding carboxylic acids is 3. The Balaban J connectivity index is 0.000000554. The molecule has 13 heteroatoms. The van der Waals surface area contributed by atoms with Gasteiger partial charge in [0.1, 0.15) is 11.4 Å². The van der Waals surface area contributed by atoms with Gasteiger partial charge in [-0.15, -0.1) is 11.8 Å². The van der Waals surface area contributed by atoms with E-state index in [-0.39, 0.29) is 18.1 Å². The molecule has 2 aliphatic rings. The smallest absolute Gasteiger partial charge is 0.407 e. The summed E-state index contributed by atoms with van der Waals surface area (Å²) in [7, 11) is 1.16. The maximum atomic E-state index is 12.2. The predicted octanol–water partition coefficient (Wildman–Crippen LogP) is 1.25. The van der Waals surface area contributed by atoms with Crippen LogP contribution in [-0.4, -0.2) is 81.0 Å². The highest BCUT2D eigenvalue weighted by molar-refractivity contribution is 8.22. The number of carboxylic acids is 1. The van der Waals surface area contributed by atoms with Gasteiger partial charge in [0.25, 0.3) is 0 Å². The van der Waals surface area contributed by atoms with E-state index in [0.29, 0.717) is 4.24 Å². The number of methoxy groups -OCH3 is 1. The summed E-state index contributed by atoms with van der Waals surface area (Å²) in [6.45, 7) is 3.21. The number of nitrogens with zero attached hydrogens (tertiary/aromatic N) is 2. The number of aliphatic hydroxyl groups is 1. The zero-order valence-corrected chi connectivity index (χ0v) is 19.8. The van der Waals surface area contributed by atoms with Crippen LogP contribution in [0.25, 0.3) is 0 Å². The van der Waals surface area contributed by atoms with Crippen molar-refractivity contribution in [1.29, 1.82) is 0 Å². The molecule has 3 N–H and O–H groups in total. The molecule has 1 saturated heterocycles. The first-order valence-corrected chi connectivity index (χ1v) is 11.7. The lowest BCUT2D eigenvalue weighted by molar-refractivity contribution is -0.156. The van der Waals surface area contributed by atoms with Crippen molar-refractivity contribution in [3.8, 4) is 0 Å². The topological polar surface area (TPSA) is 155 Å². The molecule has 33 heavy (non-hydrogen) atoms. The van der Waals surface area contributed by atoms with E-state index >= 15 is 0 Å². The SMILES string of the molecule is CCOC(=O)N[C@H](CSC1=C(C(=O)O)N2C(=O)[C@H](C(C)O)[C@H]2S1)C(=O)OC.c1ccncc1. The highest BCUT2D eigenvalue weighted by Gasteiger charge is 2.57. The summed E-state index contributed by atoms with van der Waals surface area (Å²) in [5, 5.41) is 21.0. The van der Waals surface area contributed by atoms with Gasteiger partial charge in [0.15, 0.2) is 5.70 Å². The Morgan fingerprint density at radius 2 is 1.97 bits per heavy atom. The first-order valence-electron chi connectivity index (χ1n) is 9.87. The number of aliphatic carboxylic acids is 1. The molecule has 3 heterocycles. The quantitative estimate of drug-likeness (QED) is 0.349. The number of aromatic nitrogens is 1. The molecule has 11 nitrogen and oxygen atoms in total. The average Bonchev–Trinajstić information content (AvgIpc) is 3.12. The van der Waals surface area contributed by atoms with Crippen LogP contribution in [0.3, 0.4) is 0 Å². The minimum Gasteiger partial charge on any atom is -0.477 e. The van der Waals surface area contributed by atoms with Crippen LogP contribution in [0.5, 0.6) is 0 Å². The summed E-state index contributed by atoms with van der Waals surface area (Å²) in [4.78, 5) is 52.1. The third kappa shape index (κ3) is 6.62. The van der Waals surface area contributed by atoms with E-state index in [1.165, 1.54) is 6.92 Å². The number of hydrogen-bond donors (Lipinski definition) is 3. The standard InChI is InChI=1S/C15H20N2O8S2.C5H5N/c1-4-25-15(23)16-7(13(22)24-3)5-26-14-9(12(20)21)17-10(19)8(6(2)18)11(17)27-14;1-2-4-6-5-3-1/h6-8,11,18H,4-5H2,1-3H3,(H,16,23)(H,20,21);1-5H/t6?,7-,8+,11-;/m1./s1. The Kier molecular flexibility index (Phi) is 10.0. The number of esters is 1. The maximum Gasteiger partial charge on any atom is 0.407 e. The maximum absolute atomic E-state index is 12.2. The molecule has 0 bridgehead atoms. The fourth-order valence-electron chi connectivity index (χ4n) is 2.95. The number of fused-ring (bicyclic) bond motifs is 1. The summed E-state index contributed by atoms with van der Waals surface area (Å²) < 4.78 is 9.70. The second kappa shape index (κ2) is 12.5. The van der Waals surface area contributed by atoms with Gasteiger partial charge in [-0.05, 0) is 26.0 Å². The number of amides is 2. The van der Waals surface area contributed by atoms with Crippen LogP contribution in [0.2, 0.25) is 0 Å². The van der Waals surface area contributed by atoms with Crippen LogP contribution < -0.4 is 5.32 Å². The second-order valence-electron chi connectivity index (χ2n) is 6.70. The number of thioether (sulfide) groups is 2. The van der Waals surface area contributed by atoms with Crippen molar-refractivity contribution in [2.45, 2.75) is 31.4 Å². The molecule has 0 radical (unpaired) electrons. The lowest BCUT2D eigenvalue weighted by Crippen LogP contribution is -2.60. The van der Waals surface area contributed by atoms with Crippen LogP contribution >= 0.6 is 23.5 Å². The minimum absolute atomic E-state index is 0.0152. The number of aliphatic hydroxyl groups excluding tert-OH is 1. The van der Waals surface area contributed by atoms with Gasteiger partial charge in [-0.25, -0.2) is 14.4 Å². The van der Waals surface area contributed by atoms with Gasteiger partial charge in [-0.1, -0.05) is 17.8 Å². The van der Waals surface area contributed by atoms with E-state index in [9.17, 15) is 29.4 Å². The first-order chi connectivity index (χ1) is 15.7. The molecule has 180 valence electrons. The largest absolute Gasteiger partial charge is 0.477 e. The number of ether oxygens (including phenoxy) is 2. The van der Waals surface area contributed by atoms with Crippen molar-refractivity contribution in [1.82, 2.24) is 15.2 Å². The predicted molar refractivity (Wildman–Crippen MR) is 121 cm³/mol. The molecular weight excluding hydrogens is 474 g/mol. The summed E-state index contributed by atoms with van der Waals surface area (Å²) in [6, 6.07) is 4.66. The van der Waals surface area contributed by atoms with E-state index < -0.39 is 47.4 Å². The molecule has 1 unspecified atom stereocenters. The van der Waals surface area contributed by atoms with Crippen molar-refractivity contribution < 1.29 is 38.9 Å². The number of pyridine rings is 1. The third-order valence-electron chi connectivity index (χ3n) is 4.47. The Morgan fingerprint density at radius 1 is 1.30 bits per heavy atom. The highest BCUT2D eigenvalue weighted by atomic mass is 32.2. The summed E-state index contributed by atoms with van der Waals surface area (Å²) in [6.07, 6.45) is 1.80. The summed E-state index contributed by atoms with van der Waals surface area (Å²) in [5.74, 6) is -3.14. The van der Waals surface area contributed by atoms with Crippen LogP contribution in [0.15, 0.2) is 40.5 Å². The van der Waals surface area contributed by atoms with Crippen molar-refractivity contribution in [2.75, 3.05) is 19.5 Å². The molecule has 1 aromatic rings. The third-order valence-corrected chi connectivity index (χ3v) is 7.22. The van der Waals surface area contributed by atoms with E-state index in [0.717, 1.165) is 35.5 Å². The van der Waals surface area contributed by atoms with Gasteiger partial charge in [-0.2, -0.15) is 0 Å². The molecule has 2 aliphatic heterocycles. The molecule has 1 aromatic heterocycles. The van der Waals surface area contributed by atoms with Crippen molar-refractivity contribution in [2.24, 2.45) is 5.92 Å². The lowest BCUT2D eigenvalue weighted by atomic mass is 9.92. The number of nitrogens with one attached hydrogen (secondary N) is 1. The molecule has 4 atom stereocenters. The molecule has 2 amide bonds. The average molecular weight is 500 g/mol. The Bertz CT molecular complexity index is 870. The highest BCUT2D eigenvalue weighted by Crippen LogP contribution is 2.53. The Hall–Kier alpha value is -2.77. The Morgan fingerprint density at radius 3 is 2.42 bits per heavy atom. The number of carboxylic acid groups (broad SMARTS) is 1. The van der Waals surface area contributed by atoms with E-state index in [1.54, 1.807) is 19.3 Å². The van der Waals surface area contributed by atoms with E-state index in [4.69, 9.17) is 4.74 Å². The lowest BCUT2D eigenvalue weighted by Gasteiger charge is -2.43. The van der Waals surface area contributed by atoms with Crippen molar-refractivity contribution >= 4 is 47.5 Å². The van der Waals surface area contributed by atoms with Gasteiger partial charge in [0.05, 0.1) is 30.0 Å². The monoisotopic (exact) mass is 499 g/mol. The normalized spacial score (nSPS) is 20.5. The summed E-state index contributed by atoms with van der Waals surface area (Å²) in [5.41, 5.74) is -0.184.